The largest absolute Gasteiger partial charge is 0.494 e. The highest BCUT2D eigenvalue weighted by Crippen LogP contribution is 2.41. The average molecular weight is 662 g/mol. The van der Waals surface area contributed by atoms with Crippen LogP contribution in [0.3, 0.4) is 0 Å². The van der Waals surface area contributed by atoms with Crippen LogP contribution in [0.5, 0.6) is 5.75 Å². The van der Waals surface area contributed by atoms with Crippen LogP contribution in [0, 0.1) is 18.6 Å². The topological polar surface area (TPSA) is 123 Å². The average Bonchev–Trinajstić information content (AvgIpc) is 3.64. The molecule has 2 N–H and O–H groups in total. The molecule has 0 radical (unpaired) electrons. The first-order valence-corrected chi connectivity index (χ1v) is 15.9. The van der Waals surface area contributed by atoms with Gasteiger partial charge >= 0.3 is 0 Å². The summed E-state index contributed by atoms with van der Waals surface area (Å²) in [5, 5.41) is 6.53. The number of ether oxygens (including phenoxy) is 3. The number of imidazole rings is 1. The summed E-state index contributed by atoms with van der Waals surface area (Å²) in [7, 11) is 1.27. The number of nitrogens with zero attached hydrogens (tertiary/aromatic N) is 5. The van der Waals surface area contributed by atoms with Crippen LogP contribution in [0.15, 0.2) is 48.9 Å². The SMILES string of the molecule is COc1ccc(-c2cnc3c(Nc4ccc(C(=O)N5CCN(C(=O)[C@]67CNCC[C@H]6OC(C)(C)O7)CC5)c(C)c4)nccn23)c(F)c1F. The maximum absolute atomic E-state index is 14.9. The molecule has 2 atom stereocenters. The second-order valence-corrected chi connectivity index (χ2v) is 12.8. The number of fused-ring (bicyclic) bond motifs is 2. The number of hydrogen-bond donors (Lipinski definition) is 2. The fourth-order valence-corrected chi connectivity index (χ4v) is 6.94. The van der Waals surface area contributed by atoms with Crippen molar-refractivity contribution < 1.29 is 32.6 Å². The minimum Gasteiger partial charge on any atom is -0.494 e. The molecule has 5 heterocycles. The first-order chi connectivity index (χ1) is 23.0. The minimum absolute atomic E-state index is 0.0292. The van der Waals surface area contributed by atoms with Gasteiger partial charge in [0.25, 0.3) is 11.8 Å². The number of methoxy groups -OCH3 is 1. The third-order valence-corrected chi connectivity index (χ3v) is 9.25. The maximum Gasteiger partial charge on any atom is 0.259 e. The van der Waals surface area contributed by atoms with Gasteiger partial charge in [0.2, 0.25) is 5.82 Å². The highest BCUT2D eigenvalue weighted by atomic mass is 19.2. The Morgan fingerprint density at radius 1 is 1.06 bits per heavy atom. The van der Waals surface area contributed by atoms with E-state index < -0.39 is 23.0 Å². The Balaban J connectivity index is 1.03. The number of nitrogens with one attached hydrogen (secondary N) is 2. The van der Waals surface area contributed by atoms with Gasteiger partial charge in [0.15, 0.2) is 34.4 Å². The van der Waals surface area contributed by atoms with E-state index in [1.807, 2.05) is 26.8 Å². The van der Waals surface area contributed by atoms with Gasteiger partial charge in [-0.3, -0.25) is 14.0 Å². The summed E-state index contributed by atoms with van der Waals surface area (Å²) < 4.78 is 48.1. The van der Waals surface area contributed by atoms with Crippen molar-refractivity contribution in [1.29, 1.82) is 0 Å². The number of carbonyl (C=O) groups excluding carboxylic acids is 2. The van der Waals surface area contributed by atoms with E-state index in [1.165, 1.54) is 31.6 Å². The first-order valence-electron chi connectivity index (χ1n) is 15.9. The van der Waals surface area contributed by atoms with E-state index in [1.54, 1.807) is 32.5 Å². The summed E-state index contributed by atoms with van der Waals surface area (Å²) in [4.78, 5) is 39.7. The van der Waals surface area contributed by atoms with Crippen molar-refractivity contribution >= 4 is 29.0 Å². The molecule has 12 nitrogen and oxygen atoms in total. The summed E-state index contributed by atoms with van der Waals surface area (Å²) in [5.74, 6) is -2.97. The molecule has 2 amide bonds. The second-order valence-electron chi connectivity index (χ2n) is 12.8. The summed E-state index contributed by atoms with van der Waals surface area (Å²) in [6.07, 6.45) is 4.98. The van der Waals surface area contributed by atoms with Crippen molar-refractivity contribution in [2.24, 2.45) is 0 Å². The van der Waals surface area contributed by atoms with Crippen molar-refractivity contribution in [2.45, 2.75) is 44.7 Å². The van der Waals surface area contributed by atoms with Crippen LogP contribution in [-0.2, 0) is 14.3 Å². The highest BCUT2D eigenvalue weighted by Gasteiger charge is 2.60. The molecule has 7 rings (SSSR count). The van der Waals surface area contributed by atoms with Gasteiger partial charge in [-0.2, -0.15) is 4.39 Å². The third-order valence-electron chi connectivity index (χ3n) is 9.25. The molecule has 2 aromatic heterocycles. The van der Waals surface area contributed by atoms with Gasteiger partial charge < -0.3 is 34.6 Å². The summed E-state index contributed by atoms with van der Waals surface area (Å²) in [6, 6.07) is 8.18. The van der Waals surface area contributed by atoms with E-state index in [2.05, 4.69) is 20.6 Å². The quantitative estimate of drug-likeness (QED) is 0.317. The first kappa shape index (κ1) is 31.9. The Morgan fingerprint density at radius 2 is 1.83 bits per heavy atom. The van der Waals surface area contributed by atoms with Crippen LogP contribution < -0.4 is 15.4 Å². The predicted molar refractivity (Wildman–Crippen MR) is 172 cm³/mol. The van der Waals surface area contributed by atoms with Gasteiger partial charge in [-0.05, 0) is 69.6 Å². The van der Waals surface area contributed by atoms with Gasteiger partial charge in [0.1, 0.15) is 6.10 Å². The lowest BCUT2D eigenvalue weighted by molar-refractivity contribution is -0.180. The molecule has 3 aliphatic heterocycles. The number of anilines is 2. The number of benzene rings is 2. The van der Waals surface area contributed by atoms with E-state index in [0.717, 1.165) is 12.1 Å². The summed E-state index contributed by atoms with van der Waals surface area (Å²) in [6.45, 7) is 8.28. The Morgan fingerprint density at radius 3 is 2.58 bits per heavy atom. The lowest BCUT2D eigenvalue weighted by atomic mass is 9.89. The zero-order valence-corrected chi connectivity index (χ0v) is 27.2. The zero-order chi connectivity index (χ0) is 33.8. The number of hydrogen-bond acceptors (Lipinski definition) is 9. The van der Waals surface area contributed by atoms with Gasteiger partial charge in [-0.1, -0.05) is 0 Å². The minimum atomic E-state index is -1.08. The summed E-state index contributed by atoms with van der Waals surface area (Å²) in [5.41, 5.74) is 1.69. The van der Waals surface area contributed by atoms with Gasteiger partial charge in [-0.15, -0.1) is 0 Å². The molecular formula is C34H37F2N7O5. The number of amides is 2. The lowest BCUT2D eigenvalue weighted by Crippen LogP contribution is -2.65. The molecule has 0 unspecified atom stereocenters. The Bertz CT molecular complexity index is 1910. The lowest BCUT2D eigenvalue weighted by Gasteiger charge is -2.42. The van der Waals surface area contributed by atoms with Crippen LogP contribution in [0.1, 0.15) is 36.2 Å². The number of aryl methyl sites for hydroxylation is 1. The molecule has 14 heteroatoms. The Hall–Kier alpha value is -4.66. The van der Waals surface area contributed by atoms with Crippen molar-refractivity contribution in [2.75, 3.05) is 51.7 Å². The molecule has 0 aliphatic carbocycles. The van der Waals surface area contributed by atoms with E-state index >= 15 is 0 Å². The fraction of sp³-hybridized carbons (Fsp3) is 0.412. The molecule has 4 aromatic rings. The van der Waals surface area contributed by atoms with E-state index in [9.17, 15) is 18.4 Å². The van der Waals surface area contributed by atoms with Crippen LogP contribution in [0.4, 0.5) is 20.3 Å². The molecule has 252 valence electrons. The van der Waals surface area contributed by atoms with Crippen molar-refractivity contribution in [3.63, 3.8) is 0 Å². The number of piperidine rings is 1. The number of aromatic nitrogens is 3. The molecule has 3 aliphatic rings. The van der Waals surface area contributed by atoms with Gasteiger partial charge in [0.05, 0.1) is 19.0 Å². The number of rotatable bonds is 6. The van der Waals surface area contributed by atoms with E-state index in [4.69, 9.17) is 14.2 Å². The standard InChI is InChI=1S/C34H37F2N7O5/c1-20-17-21(40-29-30-39-18-24(43(30)12-11-38-29)23-7-8-25(46-4)28(36)27(23)35)5-6-22(20)31(44)41-13-15-42(16-14-41)32(45)34-19-37-10-9-26(34)47-33(2,3)48-34/h5-8,11-12,17-18,26,37H,9-10,13-16,19H2,1-4H3,(H,38,40)/t26-,34+/m1/s1. The smallest absolute Gasteiger partial charge is 0.259 e. The molecule has 0 spiro atoms. The normalized spacial score (nSPS) is 22.1. The van der Waals surface area contributed by atoms with Crippen LogP contribution in [-0.4, -0.2) is 99.9 Å². The van der Waals surface area contributed by atoms with Crippen LogP contribution in [0.25, 0.3) is 16.9 Å². The monoisotopic (exact) mass is 661 g/mol. The molecule has 2 aromatic carbocycles. The molecule has 48 heavy (non-hydrogen) atoms. The molecule has 3 fully saturated rings. The van der Waals surface area contributed by atoms with E-state index in [-0.39, 0.29) is 29.2 Å². The third kappa shape index (κ3) is 5.43. The van der Waals surface area contributed by atoms with Gasteiger partial charge in [0, 0.05) is 61.9 Å². The van der Waals surface area contributed by atoms with Crippen molar-refractivity contribution in [1.82, 2.24) is 29.5 Å². The molecule has 0 bridgehead atoms. The van der Waals surface area contributed by atoms with Crippen molar-refractivity contribution in [3.05, 3.63) is 71.7 Å². The molecular weight excluding hydrogens is 624 g/mol. The highest BCUT2D eigenvalue weighted by molar-refractivity contribution is 5.96. The number of halogens is 2. The second kappa shape index (κ2) is 12.1. The Kier molecular flexibility index (Phi) is 8.04. The summed E-state index contributed by atoms with van der Waals surface area (Å²) >= 11 is 0. The molecule has 0 saturated carbocycles. The van der Waals surface area contributed by atoms with E-state index in [0.29, 0.717) is 67.6 Å². The fourth-order valence-electron chi connectivity index (χ4n) is 6.94. The Labute approximate surface area is 276 Å². The van der Waals surface area contributed by atoms with Crippen LogP contribution in [0.2, 0.25) is 0 Å². The molecule has 3 saturated heterocycles. The number of carbonyl (C=O) groups is 2. The number of piperazine rings is 1. The van der Waals surface area contributed by atoms with Crippen LogP contribution >= 0.6 is 0 Å². The zero-order valence-electron chi connectivity index (χ0n) is 27.2. The van der Waals surface area contributed by atoms with Gasteiger partial charge in [-0.25, -0.2) is 14.4 Å². The van der Waals surface area contributed by atoms with Crippen molar-refractivity contribution in [3.8, 4) is 17.0 Å². The predicted octanol–water partition coefficient (Wildman–Crippen LogP) is 3.90. The maximum atomic E-state index is 14.9.